The van der Waals surface area contributed by atoms with E-state index < -0.39 is 0 Å². The number of ether oxygens (including phenoxy) is 2. The van der Waals surface area contributed by atoms with Crippen molar-refractivity contribution in [2.24, 2.45) is 0 Å². The van der Waals surface area contributed by atoms with Gasteiger partial charge in [0.25, 0.3) is 0 Å². The first-order chi connectivity index (χ1) is 13.4. The molecular weight excluding hydrogens is 342 g/mol. The van der Waals surface area contributed by atoms with Crippen LogP contribution in [0.1, 0.15) is 11.7 Å². The molecule has 2 aliphatic rings. The Morgan fingerprint density at radius 1 is 1.00 bits per heavy atom. The largest absolute Gasteiger partial charge is 0.371 e. The predicted molar refractivity (Wildman–Crippen MR) is 98.8 cm³/mol. The summed E-state index contributed by atoms with van der Waals surface area (Å²) >= 11 is 0. The van der Waals surface area contributed by atoms with E-state index in [4.69, 9.17) is 9.47 Å². The molecule has 4 atom stereocenters. The van der Waals surface area contributed by atoms with Crippen LogP contribution in [0.4, 0.5) is 0 Å². The molecule has 0 spiro atoms. The van der Waals surface area contributed by atoms with Crippen LogP contribution in [-0.4, -0.2) is 51.4 Å². The SMILES string of the molecule is c1ccc(-c2cn([C@H]3CO[C@H]4[C@@H]3OC[C@@H]4NCc3ccccn3)nn2)cc1. The molecule has 0 bridgehead atoms. The van der Waals surface area contributed by atoms with Crippen molar-refractivity contribution in [3.05, 3.63) is 66.6 Å². The van der Waals surface area contributed by atoms with Crippen LogP contribution >= 0.6 is 0 Å². The molecule has 1 aromatic carbocycles. The zero-order valence-corrected chi connectivity index (χ0v) is 14.8. The van der Waals surface area contributed by atoms with E-state index >= 15 is 0 Å². The molecule has 2 fully saturated rings. The monoisotopic (exact) mass is 363 g/mol. The summed E-state index contributed by atoms with van der Waals surface area (Å²) in [7, 11) is 0. The minimum absolute atomic E-state index is 0.0167. The van der Waals surface area contributed by atoms with Gasteiger partial charge in [-0.15, -0.1) is 5.10 Å². The summed E-state index contributed by atoms with van der Waals surface area (Å²) in [5, 5.41) is 12.2. The van der Waals surface area contributed by atoms with E-state index in [1.807, 2.05) is 65.6 Å². The standard InChI is InChI=1S/C20H21N5O2/c1-2-6-14(7-3-1)16-11-25(24-23-16)18-13-27-19-17(12-26-20(18)19)22-10-15-8-4-5-9-21-15/h1-9,11,17-20,22H,10,12-13H2/t17-,18-,19+,20+/m0/s1. The second kappa shape index (κ2) is 7.19. The molecule has 7 nitrogen and oxygen atoms in total. The third-order valence-electron chi connectivity index (χ3n) is 5.22. The fourth-order valence-electron chi connectivity index (χ4n) is 3.80. The Hall–Kier alpha value is -2.61. The van der Waals surface area contributed by atoms with Gasteiger partial charge in [0.2, 0.25) is 0 Å². The first-order valence-electron chi connectivity index (χ1n) is 9.22. The lowest BCUT2D eigenvalue weighted by molar-refractivity contribution is 0.0619. The van der Waals surface area contributed by atoms with Crippen LogP contribution in [0.15, 0.2) is 60.9 Å². The number of nitrogens with one attached hydrogen (secondary N) is 1. The van der Waals surface area contributed by atoms with Gasteiger partial charge >= 0.3 is 0 Å². The number of aromatic nitrogens is 4. The normalized spacial score (nSPS) is 27.0. The maximum absolute atomic E-state index is 6.06. The van der Waals surface area contributed by atoms with E-state index in [2.05, 4.69) is 20.6 Å². The van der Waals surface area contributed by atoms with Crippen LogP contribution in [-0.2, 0) is 16.0 Å². The Morgan fingerprint density at radius 2 is 1.85 bits per heavy atom. The van der Waals surface area contributed by atoms with Gasteiger partial charge in [-0.2, -0.15) is 0 Å². The lowest BCUT2D eigenvalue weighted by atomic mass is 10.1. The third-order valence-corrected chi connectivity index (χ3v) is 5.22. The molecule has 7 heteroatoms. The van der Waals surface area contributed by atoms with E-state index in [0.29, 0.717) is 19.8 Å². The fourth-order valence-corrected chi connectivity index (χ4v) is 3.80. The molecule has 2 aliphatic heterocycles. The maximum Gasteiger partial charge on any atom is 0.113 e. The molecular formula is C20H21N5O2. The van der Waals surface area contributed by atoms with Crippen molar-refractivity contribution in [1.29, 1.82) is 0 Å². The summed E-state index contributed by atoms with van der Waals surface area (Å²) in [6.07, 6.45) is 3.78. The molecule has 0 saturated carbocycles. The third kappa shape index (κ3) is 3.25. The smallest absolute Gasteiger partial charge is 0.113 e. The van der Waals surface area contributed by atoms with Crippen LogP contribution in [0.2, 0.25) is 0 Å². The molecule has 0 amide bonds. The number of rotatable bonds is 5. The lowest BCUT2D eigenvalue weighted by Crippen LogP contribution is -2.40. The van der Waals surface area contributed by atoms with Gasteiger partial charge in [0, 0.05) is 18.3 Å². The van der Waals surface area contributed by atoms with Crippen LogP contribution < -0.4 is 5.32 Å². The number of hydrogen-bond donors (Lipinski definition) is 1. The summed E-state index contributed by atoms with van der Waals surface area (Å²) in [5.74, 6) is 0. The number of pyridine rings is 1. The summed E-state index contributed by atoms with van der Waals surface area (Å²) in [5.41, 5.74) is 2.93. The fraction of sp³-hybridized carbons (Fsp3) is 0.350. The number of benzene rings is 1. The molecule has 0 unspecified atom stereocenters. The molecule has 27 heavy (non-hydrogen) atoms. The van der Waals surface area contributed by atoms with Crippen molar-refractivity contribution in [2.75, 3.05) is 13.2 Å². The molecule has 0 radical (unpaired) electrons. The number of hydrogen-bond acceptors (Lipinski definition) is 6. The van der Waals surface area contributed by atoms with Gasteiger partial charge < -0.3 is 14.8 Å². The van der Waals surface area contributed by atoms with Crippen LogP contribution in [0, 0.1) is 0 Å². The van der Waals surface area contributed by atoms with E-state index in [-0.39, 0.29) is 24.3 Å². The van der Waals surface area contributed by atoms with Gasteiger partial charge in [0.1, 0.15) is 23.9 Å². The highest BCUT2D eigenvalue weighted by Crippen LogP contribution is 2.34. The number of nitrogens with zero attached hydrogens (tertiary/aromatic N) is 4. The van der Waals surface area contributed by atoms with E-state index in [1.165, 1.54) is 0 Å². The highest BCUT2D eigenvalue weighted by Gasteiger charge is 2.48. The Morgan fingerprint density at radius 3 is 2.70 bits per heavy atom. The van der Waals surface area contributed by atoms with Crippen LogP contribution in [0.25, 0.3) is 11.3 Å². The number of fused-ring (bicyclic) bond motifs is 1. The Bertz CT molecular complexity index is 886. The van der Waals surface area contributed by atoms with Crippen molar-refractivity contribution in [2.45, 2.75) is 30.8 Å². The van der Waals surface area contributed by atoms with E-state index in [0.717, 1.165) is 17.0 Å². The van der Waals surface area contributed by atoms with Crippen molar-refractivity contribution in [3.63, 3.8) is 0 Å². The zero-order chi connectivity index (χ0) is 18.1. The zero-order valence-electron chi connectivity index (χ0n) is 14.8. The van der Waals surface area contributed by atoms with E-state index in [1.54, 1.807) is 0 Å². The maximum atomic E-state index is 6.06. The molecule has 2 aromatic heterocycles. The molecule has 5 rings (SSSR count). The van der Waals surface area contributed by atoms with Crippen molar-refractivity contribution in [1.82, 2.24) is 25.3 Å². The van der Waals surface area contributed by atoms with E-state index in [9.17, 15) is 0 Å². The summed E-state index contributed by atoms with van der Waals surface area (Å²) < 4.78 is 14.0. The Kier molecular flexibility index (Phi) is 4.41. The first kappa shape index (κ1) is 16.6. The summed E-state index contributed by atoms with van der Waals surface area (Å²) in [6, 6.07) is 16.2. The van der Waals surface area contributed by atoms with Gasteiger partial charge in [0.15, 0.2) is 0 Å². The average Bonchev–Trinajstić information content (AvgIpc) is 3.44. The molecule has 1 N–H and O–H groups in total. The minimum Gasteiger partial charge on any atom is -0.371 e. The molecule has 3 aromatic rings. The van der Waals surface area contributed by atoms with Crippen molar-refractivity contribution in [3.8, 4) is 11.3 Å². The molecule has 2 saturated heterocycles. The van der Waals surface area contributed by atoms with Crippen molar-refractivity contribution >= 4 is 0 Å². The van der Waals surface area contributed by atoms with Gasteiger partial charge in [-0.25, -0.2) is 4.68 Å². The van der Waals surface area contributed by atoms with Crippen LogP contribution in [0.5, 0.6) is 0 Å². The van der Waals surface area contributed by atoms with Gasteiger partial charge in [-0.05, 0) is 12.1 Å². The average molecular weight is 363 g/mol. The van der Waals surface area contributed by atoms with Gasteiger partial charge in [-0.3, -0.25) is 4.98 Å². The van der Waals surface area contributed by atoms with Crippen molar-refractivity contribution < 1.29 is 9.47 Å². The summed E-state index contributed by atoms with van der Waals surface area (Å²) in [4.78, 5) is 4.35. The molecule has 4 heterocycles. The van der Waals surface area contributed by atoms with Gasteiger partial charge in [0.05, 0.1) is 31.1 Å². The Labute approximate surface area is 157 Å². The topological polar surface area (TPSA) is 74.1 Å². The van der Waals surface area contributed by atoms with Gasteiger partial charge in [-0.1, -0.05) is 41.6 Å². The lowest BCUT2D eigenvalue weighted by Gasteiger charge is -2.17. The molecule has 138 valence electrons. The highest BCUT2D eigenvalue weighted by molar-refractivity contribution is 5.57. The van der Waals surface area contributed by atoms with Crippen LogP contribution in [0.3, 0.4) is 0 Å². The predicted octanol–water partition coefficient (Wildman–Crippen LogP) is 1.84. The summed E-state index contributed by atoms with van der Waals surface area (Å²) in [6.45, 7) is 1.90. The highest BCUT2D eigenvalue weighted by atomic mass is 16.6. The second-order valence-corrected chi connectivity index (χ2v) is 6.92. The second-order valence-electron chi connectivity index (χ2n) is 6.92. The quantitative estimate of drug-likeness (QED) is 0.746. The minimum atomic E-state index is -0.0171. The Balaban J connectivity index is 1.26. The first-order valence-corrected chi connectivity index (χ1v) is 9.22. The molecule has 0 aliphatic carbocycles.